The van der Waals surface area contributed by atoms with E-state index in [0.717, 1.165) is 12.1 Å². The van der Waals surface area contributed by atoms with E-state index in [1.165, 1.54) is 12.1 Å². The summed E-state index contributed by atoms with van der Waals surface area (Å²) in [5.74, 6) is -4.14. The van der Waals surface area contributed by atoms with Crippen molar-refractivity contribution in [1.82, 2.24) is 0 Å². The Balaban J connectivity index is 1.97. The molecule has 0 amide bonds. The average Bonchev–Trinajstić information content (AvgIpc) is 2.66. The lowest BCUT2D eigenvalue weighted by Gasteiger charge is -2.15. The van der Waals surface area contributed by atoms with Crippen molar-refractivity contribution in [3.8, 4) is 5.75 Å². The molecule has 3 rings (SSSR count). The van der Waals surface area contributed by atoms with Gasteiger partial charge in [0, 0.05) is 27.8 Å². The van der Waals surface area contributed by atoms with Gasteiger partial charge in [-0.25, -0.2) is 13.6 Å². The topological polar surface area (TPSA) is 93.4 Å². The van der Waals surface area contributed by atoms with E-state index in [-0.39, 0.29) is 17.8 Å². The molecule has 0 atom stereocenters. The number of hydrogen-bond acceptors (Lipinski definition) is 4. The van der Waals surface area contributed by atoms with Crippen LogP contribution in [0.2, 0.25) is 10.0 Å². The summed E-state index contributed by atoms with van der Waals surface area (Å²) in [5.41, 5.74) is -1.03. The second kappa shape index (κ2) is 8.69. The Labute approximate surface area is 180 Å². The molecule has 9 heteroatoms. The third-order valence-electron chi connectivity index (χ3n) is 4.25. The van der Waals surface area contributed by atoms with Crippen LogP contribution >= 0.6 is 23.2 Å². The van der Waals surface area contributed by atoms with Gasteiger partial charge in [-0.2, -0.15) is 0 Å². The Hall–Kier alpha value is -3.16. The minimum Gasteiger partial charge on any atom is -0.507 e. The van der Waals surface area contributed by atoms with E-state index >= 15 is 0 Å². The summed E-state index contributed by atoms with van der Waals surface area (Å²) < 4.78 is 29.0. The highest BCUT2D eigenvalue weighted by Gasteiger charge is 2.22. The zero-order valence-corrected chi connectivity index (χ0v) is 16.7. The lowest BCUT2D eigenvalue weighted by Crippen LogP contribution is -2.13. The molecule has 0 bridgehead atoms. The molecule has 3 aromatic carbocycles. The molecule has 0 saturated heterocycles. The van der Waals surface area contributed by atoms with Crippen molar-refractivity contribution in [2.75, 3.05) is 5.32 Å². The maximum atomic E-state index is 14.6. The molecule has 0 aliphatic heterocycles. The molecule has 30 heavy (non-hydrogen) atoms. The van der Waals surface area contributed by atoms with Crippen molar-refractivity contribution in [2.24, 2.45) is 0 Å². The molecule has 0 aromatic heterocycles. The number of aromatic hydroxyl groups is 1. The van der Waals surface area contributed by atoms with Crippen LogP contribution in [-0.4, -0.2) is 21.9 Å². The van der Waals surface area contributed by atoms with Crippen molar-refractivity contribution >= 4 is 40.6 Å². The first-order valence-electron chi connectivity index (χ1n) is 8.50. The van der Waals surface area contributed by atoms with Gasteiger partial charge in [-0.15, -0.1) is 0 Å². The summed E-state index contributed by atoms with van der Waals surface area (Å²) in [6.07, 6.45) is 0. The van der Waals surface area contributed by atoms with Crippen LogP contribution in [-0.2, 0) is 6.54 Å². The Bertz CT molecular complexity index is 1150. The molecule has 4 N–H and O–H groups in total. The van der Waals surface area contributed by atoms with E-state index in [2.05, 4.69) is 5.32 Å². The van der Waals surface area contributed by atoms with E-state index < -0.39 is 40.2 Å². The van der Waals surface area contributed by atoms with Gasteiger partial charge in [0.05, 0.1) is 11.3 Å². The summed E-state index contributed by atoms with van der Waals surface area (Å²) in [7, 11) is 0. The van der Waals surface area contributed by atoms with Crippen molar-refractivity contribution in [3.05, 3.63) is 92.5 Å². The fraction of sp³-hybridized carbons (Fsp3) is 0.0476. The van der Waals surface area contributed by atoms with Crippen LogP contribution in [0, 0.1) is 17.0 Å². The Morgan fingerprint density at radius 3 is 2.30 bits per heavy atom. The first kappa shape index (κ1) is 21.5. The molecule has 0 fully saturated rings. The second-order valence-corrected chi connectivity index (χ2v) is 7.20. The summed E-state index contributed by atoms with van der Waals surface area (Å²) >= 11 is 11.9. The maximum Gasteiger partial charge on any atom is 0.339 e. The van der Waals surface area contributed by atoms with Gasteiger partial charge in [-0.05, 0) is 48.0 Å². The summed E-state index contributed by atoms with van der Waals surface area (Å²) in [6, 6.07) is 10.3. The number of hydrogen-bond donors (Lipinski definition) is 4. The van der Waals surface area contributed by atoms with E-state index in [1.54, 1.807) is 18.2 Å². The first-order chi connectivity index (χ1) is 14.2. The van der Waals surface area contributed by atoms with Gasteiger partial charge in [-0.3, -0.25) is 5.41 Å². The normalized spacial score (nSPS) is 10.7. The zero-order valence-electron chi connectivity index (χ0n) is 15.1. The van der Waals surface area contributed by atoms with Gasteiger partial charge in [0.1, 0.15) is 22.9 Å². The van der Waals surface area contributed by atoms with E-state index in [4.69, 9.17) is 33.7 Å². The fourth-order valence-electron chi connectivity index (χ4n) is 2.90. The third kappa shape index (κ3) is 4.53. The molecule has 5 nitrogen and oxygen atoms in total. The molecular weight excluding hydrogens is 437 g/mol. The van der Waals surface area contributed by atoms with Gasteiger partial charge < -0.3 is 15.5 Å². The Morgan fingerprint density at radius 1 is 1.00 bits per heavy atom. The molecule has 0 aliphatic rings. The lowest BCUT2D eigenvalue weighted by atomic mass is 9.97. The molecule has 154 valence electrons. The van der Waals surface area contributed by atoms with Crippen molar-refractivity contribution in [1.29, 1.82) is 5.41 Å². The number of benzene rings is 3. The molecule has 0 unspecified atom stereocenters. The number of carboxylic acids is 1. The summed E-state index contributed by atoms with van der Waals surface area (Å²) in [5, 5.41) is 30.9. The number of carbonyl (C=O) groups is 1. The number of nitrogens with one attached hydrogen (secondary N) is 2. The number of phenols is 1. The molecule has 0 aliphatic carbocycles. The minimum atomic E-state index is -1.53. The number of halogens is 4. The van der Waals surface area contributed by atoms with Crippen molar-refractivity contribution < 1.29 is 23.8 Å². The van der Waals surface area contributed by atoms with Crippen LogP contribution in [0.5, 0.6) is 5.75 Å². The molecular formula is C21H14Cl2F2N2O3. The standard InChI is InChI=1S/C21H14Cl2F2N2O3/c22-11-4-10(5-12(23)6-11)9-27-17-3-1-2-15(24)19(17)20(26)13-8-18(28)14(21(29)30)7-16(13)25/h1-8,26-28H,9H2,(H,29,30). The van der Waals surface area contributed by atoms with Gasteiger partial charge >= 0.3 is 5.97 Å². The SMILES string of the molecule is N=C(c1cc(O)c(C(=O)O)cc1F)c1c(F)cccc1NCc1cc(Cl)cc(Cl)c1. The zero-order chi connectivity index (χ0) is 22.0. The van der Waals surface area contributed by atoms with Crippen LogP contribution < -0.4 is 5.32 Å². The highest BCUT2D eigenvalue weighted by molar-refractivity contribution is 6.34. The van der Waals surface area contributed by atoms with Crippen LogP contribution in [0.25, 0.3) is 0 Å². The quantitative estimate of drug-likeness (QED) is 0.362. The largest absolute Gasteiger partial charge is 0.507 e. The number of rotatable bonds is 6. The van der Waals surface area contributed by atoms with Crippen LogP contribution in [0.1, 0.15) is 27.0 Å². The van der Waals surface area contributed by atoms with Gasteiger partial charge in [0.2, 0.25) is 0 Å². The average molecular weight is 451 g/mol. The van der Waals surface area contributed by atoms with Gasteiger partial charge in [-0.1, -0.05) is 29.3 Å². The predicted molar refractivity (Wildman–Crippen MR) is 111 cm³/mol. The highest BCUT2D eigenvalue weighted by atomic mass is 35.5. The van der Waals surface area contributed by atoms with Crippen molar-refractivity contribution in [2.45, 2.75) is 6.54 Å². The number of anilines is 1. The number of aromatic carboxylic acids is 1. The molecule has 0 saturated carbocycles. The summed E-state index contributed by atoms with van der Waals surface area (Å²) in [6.45, 7) is 0.190. The monoisotopic (exact) mass is 450 g/mol. The molecule has 3 aromatic rings. The maximum absolute atomic E-state index is 14.6. The molecule has 0 radical (unpaired) electrons. The van der Waals surface area contributed by atoms with Crippen LogP contribution in [0.4, 0.5) is 14.5 Å². The highest BCUT2D eigenvalue weighted by Crippen LogP contribution is 2.28. The molecule has 0 spiro atoms. The third-order valence-corrected chi connectivity index (χ3v) is 4.69. The van der Waals surface area contributed by atoms with Crippen LogP contribution in [0.15, 0.2) is 48.5 Å². The smallest absolute Gasteiger partial charge is 0.339 e. The van der Waals surface area contributed by atoms with Gasteiger partial charge in [0.25, 0.3) is 0 Å². The Kier molecular flexibility index (Phi) is 6.24. The lowest BCUT2D eigenvalue weighted by molar-refractivity contribution is 0.0693. The first-order valence-corrected chi connectivity index (χ1v) is 9.25. The number of carboxylic acid groups (broad SMARTS) is 1. The molecule has 0 heterocycles. The van der Waals surface area contributed by atoms with E-state index in [0.29, 0.717) is 21.7 Å². The van der Waals surface area contributed by atoms with Gasteiger partial charge in [0.15, 0.2) is 0 Å². The van der Waals surface area contributed by atoms with E-state index in [9.17, 15) is 18.7 Å². The Morgan fingerprint density at radius 2 is 1.67 bits per heavy atom. The van der Waals surface area contributed by atoms with E-state index in [1.807, 2.05) is 0 Å². The summed E-state index contributed by atoms with van der Waals surface area (Å²) in [4.78, 5) is 11.0. The predicted octanol–water partition coefficient (Wildman–Crippen LogP) is 5.70. The fourth-order valence-corrected chi connectivity index (χ4v) is 3.47. The second-order valence-electron chi connectivity index (χ2n) is 6.32. The van der Waals surface area contributed by atoms with Crippen molar-refractivity contribution in [3.63, 3.8) is 0 Å². The van der Waals surface area contributed by atoms with Crippen LogP contribution in [0.3, 0.4) is 0 Å². The minimum absolute atomic E-state index is 0.190.